The number of fused-ring (bicyclic) bond motifs is 1. The largest absolute Gasteiger partial charge is 0.491 e. The van der Waals surface area contributed by atoms with Gasteiger partial charge in [0, 0.05) is 38.2 Å². The lowest BCUT2D eigenvalue weighted by atomic mass is 10.0. The first-order valence-electron chi connectivity index (χ1n) is 10.8. The van der Waals surface area contributed by atoms with E-state index in [1.54, 1.807) is 35.5 Å². The molecule has 1 aromatic carbocycles. The Bertz CT molecular complexity index is 890. The molecule has 2 heterocycles. The maximum absolute atomic E-state index is 13.3. The zero-order valence-corrected chi connectivity index (χ0v) is 19.3. The van der Waals surface area contributed by atoms with E-state index in [0.717, 1.165) is 12.0 Å². The molecule has 3 rings (SSSR count). The summed E-state index contributed by atoms with van der Waals surface area (Å²) in [7, 11) is 1.61. The Hall–Kier alpha value is -2.65. The standard InChI is InChI=1S/C23H30FN3O4S/c1-3-25-23(29)26(11-4-13-30-2)15-22(28)27-12-9-21-19(10-14-32-21)20(27)16-31-18-7-5-17(24)6-8-18/h5-8,10,14,20H,3-4,9,11-13,15-16H2,1-2H3,(H,25,29). The summed E-state index contributed by atoms with van der Waals surface area (Å²) in [6.07, 6.45) is 1.42. The van der Waals surface area contributed by atoms with Gasteiger partial charge in [-0.25, -0.2) is 9.18 Å². The van der Waals surface area contributed by atoms with Crippen LogP contribution in [0.3, 0.4) is 0 Å². The molecule has 0 saturated heterocycles. The average molecular weight is 464 g/mol. The number of ether oxygens (including phenoxy) is 2. The predicted molar refractivity (Wildman–Crippen MR) is 122 cm³/mol. The minimum atomic E-state index is -0.328. The number of rotatable bonds is 10. The van der Waals surface area contributed by atoms with E-state index in [1.807, 2.05) is 18.4 Å². The number of carbonyl (C=O) groups is 2. The molecule has 1 aliphatic heterocycles. The van der Waals surface area contributed by atoms with Crippen molar-refractivity contribution in [2.75, 3.05) is 46.5 Å². The molecule has 1 N–H and O–H groups in total. The van der Waals surface area contributed by atoms with Crippen LogP contribution in [0.25, 0.3) is 0 Å². The van der Waals surface area contributed by atoms with Crippen molar-refractivity contribution in [1.29, 1.82) is 0 Å². The Morgan fingerprint density at radius 3 is 2.78 bits per heavy atom. The molecule has 0 fully saturated rings. The van der Waals surface area contributed by atoms with Crippen LogP contribution in [0.4, 0.5) is 9.18 Å². The highest BCUT2D eigenvalue weighted by atomic mass is 32.1. The van der Waals surface area contributed by atoms with Crippen molar-refractivity contribution in [2.24, 2.45) is 0 Å². The highest BCUT2D eigenvalue weighted by molar-refractivity contribution is 7.10. The second kappa shape index (κ2) is 11.8. The highest BCUT2D eigenvalue weighted by Gasteiger charge is 2.33. The van der Waals surface area contributed by atoms with Gasteiger partial charge in [-0.1, -0.05) is 0 Å². The first kappa shape index (κ1) is 24.0. The Morgan fingerprint density at radius 2 is 2.06 bits per heavy atom. The second-order valence-electron chi connectivity index (χ2n) is 7.52. The van der Waals surface area contributed by atoms with E-state index in [1.165, 1.54) is 21.9 Å². The SMILES string of the molecule is CCNC(=O)N(CCCOC)CC(=O)N1CCc2sccc2C1COc1ccc(F)cc1. The summed E-state index contributed by atoms with van der Waals surface area (Å²) in [5.74, 6) is 0.0914. The van der Waals surface area contributed by atoms with Crippen molar-refractivity contribution in [3.63, 3.8) is 0 Å². The molecule has 9 heteroatoms. The zero-order chi connectivity index (χ0) is 22.9. The number of amides is 3. The predicted octanol–water partition coefficient (Wildman–Crippen LogP) is 3.46. The van der Waals surface area contributed by atoms with Gasteiger partial charge in [-0.05, 0) is 61.0 Å². The van der Waals surface area contributed by atoms with Gasteiger partial charge < -0.3 is 24.6 Å². The van der Waals surface area contributed by atoms with E-state index in [4.69, 9.17) is 9.47 Å². The number of nitrogens with zero attached hydrogens (tertiary/aromatic N) is 2. The monoisotopic (exact) mass is 463 g/mol. The molecule has 174 valence electrons. The van der Waals surface area contributed by atoms with E-state index < -0.39 is 0 Å². The van der Waals surface area contributed by atoms with Crippen LogP contribution < -0.4 is 10.1 Å². The summed E-state index contributed by atoms with van der Waals surface area (Å²) < 4.78 is 24.2. The molecule has 0 bridgehead atoms. The molecular weight excluding hydrogens is 433 g/mol. The Kier molecular flexibility index (Phi) is 8.87. The van der Waals surface area contributed by atoms with Gasteiger partial charge in [-0.15, -0.1) is 11.3 Å². The number of methoxy groups -OCH3 is 1. The van der Waals surface area contributed by atoms with Gasteiger partial charge >= 0.3 is 6.03 Å². The molecule has 1 aliphatic rings. The van der Waals surface area contributed by atoms with Crippen molar-refractivity contribution in [1.82, 2.24) is 15.1 Å². The minimum Gasteiger partial charge on any atom is -0.491 e. The summed E-state index contributed by atoms with van der Waals surface area (Å²) in [6.45, 7) is 4.08. The second-order valence-corrected chi connectivity index (χ2v) is 8.52. The fraction of sp³-hybridized carbons (Fsp3) is 0.478. The summed E-state index contributed by atoms with van der Waals surface area (Å²) in [4.78, 5) is 30.4. The number of urea groups is 1. The zero-order valence-electron chi connectivity index (χ0n) is 18.5. The molecule has 0 radical (unpaired) electrons. The topological polar surface area (TPSA) is 71.1 Å². The first-order chi connectivity index (χ1) is 15.5. The Balaban J connectivity index is 1.72. The number of thiophene rings is 1. The van der Waals surface area contributed by atoms with Gasteiger partial charge in [0.05, 0.1) is 6.04 Å². The summed E-state index contributed by atoms with van der Waals surface area (Å²) in [5, 5.41) is 4.80. The third kappa shape index (κ3) is 6.20. The number of hydrogen-bond donors (Lipinski definition) is 1. The van der Waals surface area contributed by atoms with Crippen molar-refractivity contribution in [3.05, 3.63) is 52.0 Å². The smallest absolute Gasteiger partial charge is 0.317 e. The third-order valence-electron chi connectivity index (χ3n) is 5.35. The highest BCUT2D eigenvalue weighted by Crippen LogP contribution is 2.34. The van der Waals surface area contributed by atoms with Crippen molar-refractivity contribution < 1.29 is 23.5 Å². The maximum Gasteiger partial charge on any atom is 0.317 e. The molecule has 1 unspecified atom stereocenters. The number of hydrogen-bond acceptors (Lipinski definition) is 5. The number of nitrogens with one attached hydrogen (secondary N) is 1. The Labute approximate surface area is 192 Å². The lowest BCUT2D eigenvalue weighted by Gasteiger charge is -2.37. The van der Waals surface area contributed by atoms with Crippen LogP contribution in [0.2, 0.25) is 0 Å². The number of benzene rings is 1. The third-order valence-corrected chi connectivity index (χ3v) is 6.35. The molecular formula is C23H30FN3O4S. The molecule has 1 atom stereocenters. The molecule has 2 aromatic rings. The van der Waals surface area contributed by atoms with Crippen LogP contribution in [-0.4, -0.2) is 68.2 Å². The molecule has 0 saturated carbocycles. The number of halogens is 1. The first-order valence-corrected chi connectivity index (χ1v) is 11.7. The van der Waals surface area contributed by atoms with Gasteiger partial charge in [-0.2, -0.15) is 0 Å². The van der Waals surface area contributed by atoms with Gasteiger partial charge in [0.2, 0.25) is 5.91 Å². The molecule has 7 nitrogen and oxygen atoms in total. The van der Waals surface area contributed by atoms with Crippen molar-refractivity contribution in [3.8, 4) is 5.75 Å². The lowest BCUT2D eigenvalue weighted by molar-refractivity contribution is -0.135. The maximum atomic E-state index is 13.3. The summed E-state index contributed by atoms with van der Waals surface area (Å²) >= 11 is 1.67. The van der Waals surface area contributed by atoms with Crippen LogP contribution in [0.15, 0.2) is 35.7 Å². The molecule has 32 heavy (non-hydrogen) atoms. The van der Waals surface area contributed by atoms with Gasteiger partial charge in [-0.3, -0.25) is 4.79 Å². The molecule has 0 aliphatic carbocycles. The van der Waals surface area contributed by atoms with Crippen molar-refractivity contribution in [2.45, 2.75) is 25.8 Å². The quantitative estimate of drug-likeness (QED) is 0.548. The molecule has 3 amide bonds. The fourth-order valence-electron chi connectivity index (χ4n) is 3.75. The lowest BCUT2D eigenvalue weighted by Crippen LogP contribution is -2.50. The van der Waals surface area contributed by atoms with E-state index >= 15 is 0 Å². The van der Waals surface area contributed by atoms with E-state index in [0.29, 0.717) is 38.4 Å². The summed E-state index contributed by atoms with van der Waals surface area (Å²) in [5.41, 5.74) is 1.07. The average Bonchev–Trinajstić information content (AvgIpc) is 3.27. The minimum absolute atomic E-state index is 0.0118. The van der Waals surface area contributed by atoms with Gasteiger partial charge in [0.25, 0.3) is 0 Å². The van der Waals surface area contributed by atoms with Crippen LogP contribution in [-0.2, 0) is 16.0 Å². The number of carbonyl (C=O) groups excluding carboxylic acids is 2. The van der Waals surface area contributed by atoms with Crippen LogP contribution in [0, 0.1) is 5.82 Å². The Morgan fingerprint density at radius 1 is 1.28 bits per heavy atom. The fourth-order valence-corrected chi connectivity index (χ4v) is 4.68. The van der Waals surface area contributed by atoms with E-state index in [-0.39, 0.29) is 36.9 Å². The van der Waals surface area contributed by atoms with E-state index in [2.05, 4.69) is 5.32 Å². The molecule has 0 spiro atoms. The summed E-state index contributed by atoms with van der Waals surface area (Å²) in [6, 6.07) is 7.34. The van der Waals surface area contributed by atoms with Crippen LogP contribution in [0.1, 0.15) is 29.8 Å². The normalized spacial score (nSPS) is 15.2. The van der Waals surface area contributed by atoms with Crippen LogP contribution >= 0.6 is 11.3 Å². The van der Waals surface area contributed by atoms with Gasteiger partial charge in [0.15, 0.2) is 0 Å². The van der Waals surface area contributed by atoms with Crippen molar-refractivity contribution >= 4 is 23.3 Å². The van der Waals surface area contributed by atoms with Crippen LogP contribution in [0.5, 0.6) is 5.75 Å². The van der Waals surface area contributed by atoms with Gasteiger partial charge in [0.1, 0.15) is 24.7 Å². The van der Waals surface area contributed by atoms with E-state index in [9.17, 15) is 14.0 Å². The molecule has 1 aromatic heterocycles.